The van der Waals surface area contributed by atoms with Gasteiger partial charge in [-0.3, -0.25) is 0 Å². The number of halogens is 1. The molecule has 7 heteroatoms. The number of hydrogen-bond acceptors (Lipinski definition) is 6. The van der Waals surface area contributed by atoms with Crippen molar-refractivity contribution in [2.24, 2.45) is 0 Å². The first-order valence-corrected chi connectivity index (χ1v) is 6.49. The maximum absolute atomic E-state index is 13.0. The number of aromatic nitrogens is 2. The summed E-state index contributed by atoms with van der Waals surface area (Å²) in [7, 11) is 5.42. The van der Waals surface area contributed by atoms with Crippen molar-refractivity contribution in [3.63, 3.8) is 0 Å². The van der Waals surface area contributed by atoms with E-state index >= 15 is 0 Å². The predicted molar refractivity (Wildman–Crippen MR) is 74.5 cm³/mol. The Morgan fingerprint density at radius 1 is 1.37 bits per heavy atom. The SMILES string of the molecule is COc1nc(N(C)C)sc1CNc1cccc(F)n1. The lowest BCUT2D eigenvalue weighted by Gasteiger charge is -2.05. The minimum Gasteiger partial charge on any atom is -0.480 e. The van der Waals surface area contributed by atoms with E-state index in [0.29, 0.717) is 18.2 Å². The maximum Gasteiger partial charge on any atom is 0.231 e. The second-order valence-corrected chi connectivity index (χ2v) is 5.08. The molecular formula is C12H15FN4OS. The van der Waals surface area contributed by atoms with Crippen LogP contribution in [0.5, 0.6) is 5.88 Å². The fraction of sp³-hybridized carbons (Fsp3) is 0.333. The first kappa shape index (κ1) is 13.5. The largest absolute Gasteiger partial charge is 0.480 e. The second-order valence-electron chi connectivity index (χ2n) is 4.02. The zero-order valence-corrected chi connectivity index (χ0v) is 11.8. The van der Waals surface area contributed by atoms with Gasteiger partial charge in [0.2, 0.25) is 11.8 Å². The van der Waals surface area contributed by atoms with Crippen LogP contribution in [0.1, 0.15) is 4.88 Å². The second kappa shape index (κ2) is 5.83. The Bertz CT molecular complexity index is 558. The van der Waals surface area contributed by atoms with E-state index in [2.05, 4.69) is 15.3 Å². The summed E-state index contributed by atoms with van der Waals surface area (Å²) in [5, 5.41) is 3.91. The van der Waals surface area contributed by atoms with E-state index in [9.17, 15) is 4.39 Å². The Kier molecular flexibility index (Phi) is 4.16. The van der Waals surface area contributed by atoms with E-state index in [1.807, 2.05) is 19.0 Å². The summed E-state index contributed by atoms with van der Waals surface area (Å²) in [6.07, 6.45) is 0. The molecule has 0 amide bonds. The zero-order valence-electron chi connectivity index (χ0n) is 11.0. The normalized spacial score (nSPS) is 10.3. The van der Waals surface area contributed by atoms with Gasteiger partial charge in [0.05, 0.1) is 18.5 Å². The van der Waals surface area contributed by atoms with E-state index in [0.717, 1.165) is 10.0 Å². The van der Waals surface area contributed by atoms with Crippen LogP contribution in [-0.2, 0) is 6.54 Å². The van der Waals surface area contributed by atoms with Gasteiger partial charge in [0.1, 0.15) is 5.82 Å². The van der Waals surface area contributed by atoms with Crippen LogP contribution in [0.15, 0.2) is 18.2 Å². The van der Waals surface area contributed by atoms with Crippen LogP contribution in [0.3, 0.4) is 0 Å². The topological polar surface area (TPSA) is 50.3 Å². The fourth-order valence-corrected chi connectivity index (χ4v) is 2.36. The third-order valence-corrected chi connectivity index (χ3v) is 3.58. The van der Waals surface area contributed by atoms with Gasteiger partial charge in [-0.05, 0) is 12.1 Å². The third kappa shape index (κ3) is 3.31. The van der Waals surface area contributed by atoms with Crippen molar-refractivity contribution in [1.82, 2.24) is 9.97 Å². The lowest BCUT2D eigenvalue weighted by atomic mass is 10.4. The van der Waals surface area contributed by atoms with Crippen LogP contribution in [-0.4, -0.2) is 31.2 Å². The first-order chi connectivity index (χ1) is 9.10. The molecule has 19 heavy (non-hydrogen) atoms. The van der Waals surface area contributed by atoms with E-state index in [1.165, 1.54) is 17.4 Å². The fourth-order valence-electron chi connectivity index (χ4n) is 1.47. The molecule has 5 nitrogen and oxygen atoms in total. The summed E-state index contributed by atoms with van der Waals surface area (Å²) in [4.78, 5) is 10.9. The molecule has 0 aliphatic heterocycles. The lowest BCUT2D eigenvalue weighted by molar-refractivity contribution is 0.397. The number of nitrogens with zero attached hydrogens (tertiary/aromatic N) is 3. The van der Waals surface area contributed by atoms with Crippen molar-refractivity contribution >= 4 is 22.3 Å². The van der Waals surface area contributed by atoms with Gasteiger partial charge in [0.25, 0.3) is 0 Å². The monoisotopic (exact) mass is 282 g/mol. The van der Waals surface area contributed by atoms with Crippen molar-refractivity contribution < 1.29 is 9.13 Å². The van der Waals surface area contributed by atoms with E-state index in [1.54, 1.807) is 19.2 Å². The van der Waals surface area contributed by atoms with Crippen molar-refractivity contribution in [3.05, 3.63) is 29.0 Å². The molecule has 2 heterocycles. The van der Waals surface area contributed by atoms with Gasteiger partial charge in [-0.1, -0.05) is 17.4 Å². The van der Waals surface area contributed by atoms with Crippen molar-refractivity contribution in [2.75, 3.05) is 31.4 Å². The van der Waals surface area contributed by atoms with Crippen molar-refractivity contribution in [1.29, 1.82) is 0 Å². The Morgan fingerprint density at radius 2 is 2.16 bits per heavy atom. The molecule has 1 N–H and O–H groups in total. The van der Waals surface area contributed by atoms with E-state index in [4.69, 9.17) is 4.74 Å². The Hall–Kier alpha value is -1.89. The molecule has 0 fully saturated rings. The maximum atomic E-state index is 13.0. The minimum absolute atomic E-state index is 0.488. The summed E-state index contributed by atoms with van der Waals surface area (Å²) < 4.78 is 18.2. The third-order valence-electron chi connectivity index (χ3n) is 2.37. The van der Waals surface area contributed by atoms with Gasteiger partial charge in [0, 0.05) is 14.1 Å². The van der Waals surface area contributed by atoms with Gasteiger partial charge in [0.15, 0.2) is 5.13 Å². The van der Waals surface area contributed by atoms with Crippen LogP contribution in [0.2, 0.25) is 0 Å². The highest BCUT2D eigenvalue weighted by molar-refractivity contribution is 7.15. The summed E-state index contributed by atoms with van der Waals surface area (Å²) >= 11 is 1.52. The predicted octanol–water partition coefficient (Wildman–Crippen LogP) is 2.36. The summed E-state index contributed by atoms with van der Waals surface area (Å²) in [6.45, 7) is 0.491. The molecular weight excluding hydrogens is 267 g/mol. The molecule has 0 radical (unpaired) electrons. The number of nitrogens with one attached hydrogen (secondary N) is 1. The van der Waals surface area contributed by atoms with Gasteiger partial charge in [-0.2, -0.15) is 9.37 Å². The number of methoxy groups -OCH3 is 1. The Labute approximate surface area is 115 Å². The molecule has 0 saturated carbocycles. The highest BCUT2D eigenvalue weighted by Crippen LogP contribution is 2.30. The van der Waals surface area contributed by atoms with Crippen LogP contribution < -0.4 is 15.0 Å². The quantitative estimate of drug-likeness (QED) is 0.853. The molecule has 0 spiro atoms. The average Bonchev–Trinajstić information content (AvgIpc) is 2.80. The van der Waals surface area contributed by atoms with Crippen LogP contribution >= 0.6 is 11.3 Å². The molecule has 0 saturated heterocycles. The highest BCUT2D eigenvalue weighted by Gasteiger charge is 2.13. The molecule has 0 aliphatic carbocycles. The number of pyridine rings is 1. The lowest BCUT2D eigenvalue weighted by Crippen LogP contribution is -2.07. The Morgan fingerprint density at radius 3 is 2.79 bits per heavy atom. The molecule has 0 atom stereocenters. The number of hydrogen-bond donors (Lipinski definition) is 1. The van der Waals surface area contributed by atoms with Gasteiger partial charge >= 0.3 is 0 Å². The van der Waals surface area contributed by atoms with Crippen molar-refractivity contribution in [3.8, 4) is 5.88 Å². The molecule has 102 valence electrons. The molecule has 2 rings (SSSR count). The van der Waals surface area contributed by atoms with Gasteiger partial charge < -0.3 is 15.0 Å². The highest BCUT2D eigenvalue weighted by atomic mass is 32.1. The van der Waals surface area contributed by atoms with Gasteiger partial charge in [-0.25, -0.2) is 4.98 Å². The van der Waals surface area contributed by atoms with E-state index in [-0.39, 0.29) is 0 Å². The smallest absolute Gasteiger partial charge is 0.231 e. The molecule has 0 unspecified atom stereocenters. The molecule has 0 aromatic carbocycles. The van der Waals surface area contributed by atoms with Crippen molar-refractivity contribution in [2.45, 2.75) is 6.54 Å². The summed E-state index contributed by atoms with van der Waals surface area (Å²) in [5.41, 5.74) is 0. The Balaban J connectivity index is 2.10. The number of thiazole rings is 1. The van der Waals surface area contributed by atoms with Crippen LogP contribution in [0.4, 0.5) is 15.3 Å². The molecule has 0 bridgehead atoms. The number of ether oxygens (including phenoxy) is 1. The average molecular weight is 282 g/mol. The van der Waals surface area contributed by atoms with Crippen LogP contribution in [0, 0.1) is 5.95 Å². The number of rotatable bonds is 5. The molecule has 0 aliphatic rings. The summed E-state index contributed by atoms with van der Waals surface area (Å²) in [6, 6.07) is 4.63. The molecule has 2 aromatic heterocycles. The van der Waals surface area contributed by atoms with Gasteiger partial charge in [-0.15, -0.1) is 0 Å². The number of anilines is 2. The van der Waals surface area contributed by atoms with Crippen LogP contribution in [0.25, 0.3) is 0 Å². The zero-order chi connectivity index (χ0) is 13.8. The summed E-state index contributed by atoms with van der Waals surface area (Å²) in [5.74, 6) is 0.565. The standard InChI is InChI=1S/C12H15FN4OS/c1-17(2)12-16-11(18-3)8(19-12)7-14-10-6-4-5-9(13)15-10/h4-6H,7H2,1-3H3,(H,14,15). The first-order valence-electron chi connectivity index (χ1n) is 5.67. The molecule has 2 aromatic rings. The van der Waals surface area contributed by atoms with E-state index < -0.39 is 5.95 Å². The minimum atomic E-state index is -0.504.